The van der Waals surface area contributed by atoms with E-state index in [1.807, 2.05) is 4.90 Å². The number of rotatable bonds is 3. The van der Waals surface area contributed by atoms with Crippen LogP contribution in [0.4, 0.5) is 0 Å². The van der Waals surface area contributed by atoms with Gasteiger partial charge in [0, 0.05) is 32.2 Å². The molecule has 4 heterocycles. The van der Waals surface area contributed by atoms with Crippen molar-refractivity contribution in [2.75, 3.05) is 26.2 Å². The zero-order chi connectivity index (χ0) is 21.4. The lowest BCUT2D eigenvalue weighted by molar-refractivity contribution is -0.0341. The Kier molecular flexibility index (Phi) is 5.56. The molecule has 7 nitrogen and oxygen atoms in total. The van der Waals surface area contributed by atoms with Gasteiger partial charge in [0.05, 0.1) is 12.1 Å². The Balaban J connectivity index is 1.35. The van der Waals surface area contributed by atoms with E-state index in [0.29, 0.717) is 19.0 Å². The molecule has 0 bridgehead atoms. The number of nitrogens with zero attached hydrogens (tertiary/aromatic N) is 5. The molecule has 0 unspecified atom stereocenters. The van der Waals surface area contributed by atoms with E-state index < -0.39 is 0 Å². The number of fused-ring (bicyclic) bond motifs is 2. The van der Waals surface area contributed by atoms with Crippen LogP contribution in [-0.4, -0.2) is 62.8 Å². The molecule has 1 aromatic carbocycles. The van der Waals surface area contributed by atoms with Gasteiger partial charge in [0.25, 0.3) is 5.91 Å². The van der Waals surface area contributed by atoms with Crippen LogP contribution in [-0.2, 0) is 23.4 Å². The molecule has 3 aliphatic heterocycles. The predicted octanol–water partition coefficient (Wildman–Crippen LogP) is 3.12. The predicted molar refractivity (Wildman–Crippen MR) is 118 cm³/mol. The first kappa shape index (κ1) is 20.6. The second-order valence-corrected chi connectivity index (χ2v) is 9.60. The molecule has 2 saturated heterocycles. The highest BCUT2D eigenvalue weighted by atomic mass is 16.5. The minimum atomic E-state index is -0.217. The lowest BCUT2D eigenvalue weighted by Crippen LogP contribution is -2.53. The summed E-state index contributed by atoms with van der Waals surface area (Å²) in [5, 5.41) is 8.75. The first-order valence-corrected chi connectivity index (χ1v) is 11.7. The van der Waals surface area contributed by atoms with E-state index in [0.717, 1.165) is 57.7 Å². The third-order valence-electron chi connectivity index (χ3n) is 7.37. The summed E-state index contributed by atoms with van der Waals surface area (Å²) >= 11 is 0. The molecule has 1 amide bonds. The fraction of sp³-hybridized carbons (Fsp3) is 0.625. The molecule has 0 saturated carbocycles. The largest absolute Gasteiger partial charge is 0.371 e. The van der Waals surface area contributed by atoms with Gasteiger partial charge in [0.2, 0.25) is 5.82 Å². The van der Waals surface area contributed by atoms with E-state index >= 15 is 0 Å². The van der Waals surface area contributed by atoms with Gasteiger partial charge in [0.15, 0.2) is 5.82 Å². The van der Waals surface area contributed by atoms with Gasteiger partial charge in [-0.1, -0.05) is 29.8 Å². The Morgan fingerprint density at radius 2 is 1.90 bits per heavy atom. The van der Waals surface area contributed by atoms with Crippen LogP contribution in [0.15, 0.2) is 24.3 Å². The van der Waals surface area contributed by atoms with Crippen LogP contribution in [0.1, 0.15) is 66.6 Å². The molecular formula is C24H33N5O2. The Morgan fingerprint density at radius 1 is 1.13 bits per heavy atom. The van der Waals surface area contributed by atoms with Crippen molar-refractivity contribution in [3.8, 4) is 0 Å². The first-order valence-electron chi connectivity index (χ1n) is 11.7. The number of hydrogen-bond donors (Lipinski definition) is 0. The minimum absolute atomic E-state index is 0.0364. The molecule has 0 aliphatic carbocycles. The molecule has 7 heteroatoms. The maximum atomic E-state index is 13.5. The standard InChI is InChI=1S/C24H33N5O2/c1-18-6-8-20(9-7-18)15-27-13-10-24(11-14-27)17-31-16-21-25-26-22(29(21)24)23(30)28-12-4-3-5-19(28)2/h6-9,19H,3-5,10-17H2,1-2H3/t19-/m0/s1. The number of benzene rings is 1. The highest BCUT2D eigenvalue weighted by Crippen LogP contribution is 2.37. The summed E-state index contributed by atoms with van der Waals surface area (Å²) in [6.45, 7) is 9.06. The molecule has 5 rings (SSSR count). The van der Waals surface area contributed by atoms with Crippen LogP contribution in [0.3, 0.4) is 0 Å². The smallest absolute Gasteiger partial charge is 0.292 e. The van der Waals surface area contributed by atoms with Crippen LogP contribution < -0.4 is 0 Å². The third kappa shape index (κ3) is 3.89. The van der Waals surface area contributed by atoms with Gasteiger partial charge in [-0.2, -0.15) is 0 Å². The van der Waals surface area contributed by atoms with Gasteiger partial charge < -0.3 is 9.64 Å². The molecule has 166 valence electrons. The van der Waals surface area contributed by atoms with Crippen molar-refractivity contribution < 1.29 is 9.53 Å². The van der Waals surface area contributed by atoms with Crippen molar-refractivity contribution in [3.05, 3.63) is 47.0 Å². The summed E-state index contributed by atoms with van der Waals surface area (Å²) in [5.41, 5.74) is 2.42. The Labute approximate surface area is 184 Å². The maximum absolute atomic E-state index is 13.5. The van der Waals surface area contributed by atoms with E-state index in [4.69, 9.17) is 4.74 Å². The van der Waals surface area contributed by atoms with E-state index in [1.54, 1.807) is 0 Å². The summed E-state index contributed by atoms with van der Waals surface area (Å²) in [6.07, 6.45) is 5.21. The van der Waals surface area contributed by atoms with E-state index in [2.05, 4.69) is 57.8 Å². The molecule has 0 radical (unpaired) electrons. The summed E-state index contributed by atoms with van der Waals surface area (Å²) in [7, 11) is 0. The van der Waals surface area contributed by atoms with Crippen molar-refractivity contribution >= 4 is 5.91 Å². The van der Waals surface area contributed by atoms with E-state index in [9.17, 15) is 4.79 Å². The SMILES string of the molecule is Cc1ccc(CN2CCC3(CC2)COCc2nnc(C(=O)N4CCCC[C@@H]4C)n23)cc1. The van der Waals surface area contributed by atoms with Gasteiger partial charge in [-0.25, -0.2) is 0 Å². The van der Waals surface area contributed by atoms with Gasteiger partial charge in [-0.3, -0.25) is 14.3 Å². The molecule has 1 spiro atoms. The van der Waals surface area contributed by atoms with Crippen molar-refractivity contribution in [2.45, 2.75) is 70.7 Å². The molecule has 0 N–H and O–H groups in total. The molecular weight excluding hydrogens is 390 g/mol. The average Bonchev–Trinajstić information content (AvgIpc) is 3.23. The number of aromatic nitrogens is 3. The number of likely N-dealkylation sites (tertiary alicyclic amines) is 2. The number of hydrogen-bond acceptors (Lipinski definition) is 5. The summed E-state index contributed by atoms with van der Waals surface area (Å²) in [5.74, 6) is 1.35. The van der Waals surface area contributed by atoms with Gasteiger partial charge in [-0.05, 0) is 51.5 Å². The number of ether oxygens (including phenoxy) is 1. The quantitative estimate of drug-likeness (QED) is 0.759. The van der Waals surface area contributed by atoms with E-state index in [1.165, 1.54) is 17.5 Å². The lowest BCUT2D eigenvalue weighted by atomic mass is 9.86. The molecule has 1 atom stereocenters. The number of piperidine rings is 2. The molecule has 2 fully saturated rings. The Bertz CT molecular complexity index is 930. The second-order valence-electron chi connectivity index (χ2n) is 9.60. The van der Waals surface area contributed by atoms with Gasteiger partial charge >= 0.3 is 0 Å². The first-order chi connectivity index (χ1) is 15.1. The number of aryl methyl sites for hydroxylation is 1. The van der Waals surface area contributed by atoms with Crippen molar-refractivity contribution in [3.63, 3.8) is 0 Å². The fourth-order valence-corrected chi connectivity index (χ4v) is 5.42. The molecule has 31 heavy (non-hydrogen) atoms. The highest BCUT2D eigenvalue weighted by molar-refractivity contribution is 5.91. The molecule has 1 aromatic heterocycles. The Hall–Kier alpha value is -2.25. The second kappa shape index (κ2) is 8.36. The topological polar surface area (TPSA) is 63.5 Å². The maximum Gasteiger partial charge on any atom is 0.292 e. The van der Waals surface area contributed by atoms with Crippen LogP contribution in [0.5, 0.6) is 0 Å². The monoisotopic (exact) mass is 423 g/mol. The summed E-state index contributed by atoms with van der Waals surface area (Å²) in [6, 6.07) is 9.06. The highest BCUT2D eigenvalue weighted by Gasteiger charge is 2.44. The van der Waals surface area contributed by atoms with E-state index in [-0.39, 0.29) is 17.5 Å². The van der Waals surface area contributed by atoms with Crippen molar-refractivity contribution in [1.82, 2.24) is 24.6 Å². The van der Waals surface area contributed by atoms with Crippen LogP contribution in [0, 0.1) is 6.92 Å². The number of carbonyl (C=O) groups is 1. The normalized spacial score (nSPS) is 23.7. The molecule has 3 aliphatic rings. The fourth-order valence-electron chi connectivity index (χ4n) is 5.42. The average molecular weight is 424 g/mol. The third-order valence-corrected chi connectivity index (χ3v) is 7.37. The summed E-state index contributed by atoms with van der Waals surface area (Å²) < 4.78 is 8.11. The number of amides is 1. The Morgan fingerprint density at radius 3 is 2.65 bits per heavy atom. The van der Waals surface area contributed by atoms with Crippen LogP contribution in [0.25, 0.3) is 0 Å². The van der Waals surface area contributed by atoms with Crippen LogP contribution in [0.2, 0.25) is 0 Å². The zero-order valence-corrected chi connectivity index (χ0v) is 18.7. The molecule has 2 aromatic rings. The van der Waals surface area contributed by atoms with Crippen molar-refractivity contribution in [1.29, 1.82) is 0 Å². The van der Waals surface area contributed by atoms with Gasteiger partial charge in [0.1, 0.15) is 6.61 Å². The van der Waals surface area contributed by atoms with Crippen LogP contribution >= 0.6 is 0 Å². The summed E-state index contributed by atoms with van der Waals surface area (Å²) in [4.78, 5) is 18.0. The number of carbonyl (C=O) groups excluding carboxylic acids is 1. The van der Waals surface area contributed by atoms with Crippen molar-refractivity contribution in [2.24, 2.45) is 0 Å². The lowest BCUT2D eigenvalue weighted by Gasteiger charge is -2.45. The minimum Gasteiger partial charge on any atom is -0.371 e. The van der Waals surface area contributed by atoms with Gasteiger partial charge in [-0.15, -0.1) is 10.2 Å². The zero-order valence-electron chi connectivity index (χ0n) is 18.7.